The Morgan fingerprint density at radius 2 is 2.16 bits per heavy atom. The van der Waals surface area contributed by atoms with Crippen LogP contribution in [0.1, 0.15) is 26.2 Å². The van der Waals surface area contributed by atoms with Gasteiger partial charge < -0.3 is 16.0 Å². The lowest BCUT2D eigenvalue weighted by atomic mass is 10.1. The van der Waals surface area contributed by atoms with E-state index in [-0.39, 0.29) is 11.8 Å². The van der Waals surface area contributed by atoms with E-state index < -0.39 is 0 Å². The van der Waals surface area contributed by atoms with E-state index >= 15 is 0 Å². The van der Waals surface area contributed by atoms with Gasteiger partial charge in [0.2, 0.25) is 5.91 Å². The summed E-state index contributed by atoms with van der Waals surface area (Å²) in [4.78, 5) is 18.4. The molecular formula is C14H22N4O. The number of carbonyl (C=O) groups is 1. The summed E-state index contributed by atoms with van der Waals surface area (Å²) in [6.45, 7) is 4.31. The molecule has 5 heteroatoms. The molecule has 1 unspecified atom stereocenters. The standard InChI is InChI=1S/C14H22N4O/c1-11(9-15)14(19)17-12-5-6-13(16-10-12)18-7-3-2-4-8-18/h5-6,10-11H,2-4,7-9,15H2,1H3,(H,17,19). The molecule has 19 heavy (non-hydrogen) atoms. The first-order valence-corrected chi connectivity index (χ1v) is 6.92. The second-order valence-corrected chi connectivity index (χ2v) is 5.08. The van der Waals surface area contributed by atoms with Crippen LogP contribution in [0.2, 0.25) is 0 Å². The average Bonchev–Trinajstić information content (AvgIpc) is 2.48. The first-order chi connectivity index (χ1) is 9.20. The predicted molar refractivity (Wildman–Crippen MR) is 77.1 cm³/mol. The van der Waals surface area contributed by atoms with Crippen LogP contribution in [-0.2, 0) is 4.79 Å². The molecule has 1 aliphatic heterocycles. The number of nitrogens with two attached hydrogens (primary N) is 1. The van der Waals surface area contributed by atoms with Crippen LogP contribution in [-0.4, -0.2) is 30.5 Å². The maximum Gasteiger partial charge on any atom is 0.228 e. The Morgan fingerprint density at radius 3 is 2.74 bits per heavy atom. The van der Waals surface area contributed by atoms with Gasteiger partial charge in [0.1, 0.15) is 5.82 Å². The first-order valence-electron chi connectivity index (χ1n) is 6.92. The normalized spacial score (nSPS) is 17.1. The molecule has 0 aromatic carbocycles. The lowest BCUT2D eigenvalue weighted by Gasteiger charge is -2.27. The van der Waals surface area contributed by atoms with Crippen molar-refractivity contribution in [1.82, 2.24) is 4.98 Å². The molecule has 2 rings (SSSR count). The molecule has 0 saturated carbocycles. The van der Waals surface area contributed by atoms with Crippen molar-refractivity contribution >= 4 is 17.4 Å². The third kappa shape index (κ3) is 3.67. The largest absolute Gasteiger partial charge is 0.357 e. The summed E-state index contributed by atoms with van der Waals surface area (Å²) in [7, 11) is 0. The number of carbonyl (C=O) groups excluding carboxylic acids is 1. The molecule has 1 saturated heterocycles. The summed E-state index contributed by atoms with van der Waals surface area (Å²) < 4.78 is 0. The first kappa shape index (κ1) is 13.8. The molecule has 1 aromatic heterocycles. The molecule has 5 nitrogen and oxygen atoms in total. The van der Waals surface area contributed by atoms with Gasteiger partial charge in [0.05, 0.1) is 11.9 Å². The van der Waals surface area contributed by atoms with Crippen LogP contribution in [0.4, 0.5) is 11.5 Å². The number of amides is 1. The fourth-order valence-electron chi connectivity index (χ4n) is 2.14. The zero-order valence-corrected chi connectivity index (χ0v) is 11.4. The molecule has 0 radical (unpaired) electrons. The van der Waals surface area contributed by atoms with Gasteiger partial charge in [-0.1, -0.05) is 6.92 Å². The van der Waals surface area contributed by atoms with Gasteiger partial charge in [-0.05, 0) is 31.4 Å². The average molecular weight is 262 g/mol. The van der Waals surface area contributed by atoms with Crippen LogP contribution in [0.25, 0.3) is 0 Å². The highest BCUT2D eigenvalue weighted by atomic mass is 16.1. The number of aromatic nitrogens is 1. The van der Waals surface area contributed by atoms with Gasteiger partial charge in [-0.15, -0.1) is 0 Å². The van der Waals surface area contributed by atoms with Gasteiger partial charge in [0, 0.05) is 25.6 Å². The van der Waals surface area contributed by atoms with Crippen molar-refractivity contribution in [3.05, 3.63) is 18.3 Å². The van der Waals surface area contributed by atoms with Gasteiger partial charge in [0.25, 0.3) is 0 Å². The smallest absolute Gasteiger partial charge is 0.228 e. The lowest BCUT2D eigenvalue weighted by Crippen LogP contribution is -2.30. The number of nitrogens with zero attached hydrogens (tertiary/aromatic N) is 2. The number of anilines is 2. The highest BCUT2D eigenvalue weighted by molar-refractivity contribution is 5.92. The summed E-state index contributed by atoms with van der Waals surface area (Å²) >= 11 is 0. The summed E-state index contributed by atoms with van der Waals surface area (Å²) in [5, 5.41) is 2.82. The monoisotopic (exact) mass is 262 g/mol. The number of pyridine rings is 1. The minimum absolute atomic E-state index is 0.0602. The molecule has 0 spiro atoms. The quantitative estimate of drug-likeness (QED) is 0.864. The summed E-state index contributed by atoms with van der Waals surface area (Å²) in [6.07, 6.45) is 5.48. The maximum atomic E-state index is 11.7. The highest BCUT2D eigenvalue weighted by Crippen LogP contribution is 2.19. The Hall–Kier alpha value is -1.62. The van der Waals surface area contributed by atoms with Gasteiger partial charge >= 0.3 is 0 Å². The van der Waals surface area contributed by atoms with E-state index in [1.165, 1.54) is 19.3 Å². The Bertz CT molecular complexity index is 412. The Kier molecular flexibility index (Phi) is 4.74. The number of rotatable bonds is 4. The SMILES string of the molecule is CC(CN)C(=O)Nc1ccc(N2CCCCC2)nc1. The molecule has 104 valence electrons. The van der Waals surface area contributed by atoms with E-state index in [0.29, 0.717) is 6.54 Å². The van der Waals surface area contributed by atoms with Crippen LogP contribution in [0.3, 0.4) is 0 Å². The van der Waals surface area contributed by atoms with E-state index in [9.17, 15) is 4.79 Å². The summed E-state index contributed by atoms with van der Waals surface area (Å²) in [5.41, 5.74) is 6.19. The Labute approximate surface area is 114 Å². The van der Waals surface area contributed by atoms with E-state index in [1.54, 1.807) is 6.20 Å². The van der Waals surface area contributed by atoms with Crippen LogP contribution in [0.5, 0.6) is 0 Å². The number of hydrogen-bond acceptors (Lipinski definition) is 4. The fraction of sp³-hybridized carbons (Fsp3) is 0.571. The minimum atomic E-state index is -0.179. The Morgan fingerprint density at radius 1 is 1.42 bits per heavy atom. The molecule has 0 bridgehead atoms. The second kappa shape index (κ2) is 6.52. The second-order valence-electron chi connectivity index (χ2n) is 5.08. The molecule has 0 aliphatic carbocycles. The van der Waals surface area contributed by atoms with Gasteiger partial charge in [0.15, 0.2) is 0 Å². The van der Waals surface area contributed by atoms with Crippen molar-refractivity contribution in [3.63, 3.8) is 0 Å². The topological polar surface area (TPSA) is 71.2 Å². The van der Waals surface area contributed by atoms with E-state index in [2.05, 4.69) is 15.2 Å². The number of piperidine rings is 1. The summed E-state index contributed by atoms with van der Waals surface area (Å²) in [6, 6.07) is 3.87. The lowest BCUT2D eigenvalue weighted by molar-refractivity contribution is -0.119. The Balaban J connectivity index is 1.96. The molecule has 1 atom stereocenters. The number of hydrogen-bond donors (Lipinski definition) is 2. The van der Waals surface area contributed by atoms with E-state index in [0.717, 1.165) is 24.6 Å². The van der Waals surface area contributed by atoms with Crippen molar-refractivity contribution < 1.29 is 4.79 Å². The number of nitrogens with one attached hydrogen (secondary N) is 1. The zero-order chi connectivity index (χ0) is 13.7. The minimum Gasteiger partial charge on any atom is -0.357 e. The van der Waals surface area contributed by atoms with Gasteiger partial charge in [-0.3, -0.25) is 4.79 Å². The third-order valence-corrected chi connectivity index (χ3v) is 3.50. The van der Waals surface area contributed by atoms with E-state index in [1.807, 2.05) is 19.1 Å². The van der Waals surface area contributed by atoms with Crippen molar-refractivity contribution in [3.8, 4) is 0 Å². The van der Waals surface area contributed by atoms with Crippen molar-refractivity contribution in [2.75, 3.05) is 29.9 Å². The summed E-state index contributed by atoms with van der Waals surface area (Å²) in [5.74, 6) is 0.751. The van der Waals surface area contributed by atoms with Crippen LogP contribution in [0.15, 0.2) is 18.3 Å². The molecular weight excluding hydrogens is 240 g/mol. The van der Waals surface area contributed by atoms with Gasteiger partial charge in [-0.2, -0.15) is 0 Å². The van der Waals surface area contributed by atoms with Crippen molar-refractivity contribution in [1.29, 1.82) is 0 Å². The molecule has 1 fully saturated rings. The van der Waals surface area contributed by atoms with Crippen LogP contribution in [0, 0.1) is 5.92 Å². The van der Waals surface area contributed by atoms with Gasteiger partial charge in [-0.25, -0.2) is 4.98 Å². The van der Waals surface area contributed by atoms with E-state index in [4.69, 9.17) is 5.73 Å². The van der Waals surface area contributed by atoms with Crippen LogP contribution >= 0.6 is 0 Å². The molecule has 1 amide bonds. The molecule has 2 heterocycles. The molecule has 3 N–H and O–H groups in total. The fourth-order valence-corrected chi connectivity index (χ4v) is 2.14. The van der Waals surface area contributed by atoms with Crippen molar-refractivity contribution in [2.45, 2.75) is 26.2 Å². The third-order valence-electron chi connectivity index (χ3n) is 3.50. The maximum absolute atomic E-state index is 11.7. The zero-order valence-electron chi connectivity index (χ0n) is 11.4. The van der Waals surface area contributed by atoms with Crippen LogP contribution < -0.4 is 16.0 Å². The highest BCUT2D eigenvalue weighted by Gasteiger charge is 2.13. The molecule has 1 aliphatic rings. The molecule has 1 aromatic rings. The predicted octanol–water partition coefficient (Wildman–Crippen LogP) is 1.61. The van der Waals surface area contributed by atoms with Crippen molar-refractivity contribution in [2.24, 2.45) is 11.7 Å².